The molecule has 2 atom stereocenters. The molecule has 3 aromatic rings. The molecule has 0 saturated carbocycles. The Labute approximate surface area is 147 Å². The summed E-state index contributed by atoms with van der Waals surface area (Å²) in [6.45, 7) is 0. The molecule has 0 radical (unpaired) electrons. The number of benzene rings is 2. The lowest BCUT2D eigenvalue weighted by Crippen LogP contribution is -2.34. The Morgan fingerprint density at radius 1 is 1.04 bits per heavy atom. The number of nitrogens with one attached hydrogen (secondary N) is 1. The molecule has 0 saturated heterocycles. The van der Waals surface area contributed by atoms with Gasteiger partial charge in [0, 0.05) is 11.3 Å². The van der Waals surface area contributed by atoms with Crippen LogP contribution in [0.15, 0.2) is 77.2 Å². The van der Waals surface area contributed by atoms with E-state index in [2.05, 4.69) is 17.5 Å². The molecule has 0 fully saturated rings. The number of carbonyl (C=O) groups is 1. The van der Waals surface area contributed by atoms with Crippen molar-refractivity contribution >= 4 is 16.9 Å². The van der Waals surface area contributed by atoms with E-state index in [1.54, 1.807) is 0 Å². The average Bonchev–Trinajstić information content (AvgIpc) is 3.11. The second-order valence-electron chi connectivity index (χ2n) is 6.52. The van der Waals surface area contributed by atoms with Crippen LogP contribution in [0.25, 0.3) is 11.0 Å². The van der Waals surface area contributed by atoms with Gasteiger partial charge in [-0.1, -0.05) is 60.7 Å². The van der Waals surface area contributed by atoms with Crippen LogP contribution in [0, 0.1) is 5.92 Å². The first kappa shape index (κ1) is 15.7. The van der Waals surface area contributed by atoms with E-state index in [1.807, 2.05) is 60.7 Å². The number of hydrogen-bond donors (Lipinski definition) is 1. The summed E-state index contributed by atoms with van der Waals surface area (Å²) in [4.78, 5) is 12.8. The Balaban J connectivity index is 1.66. The molecule has 1 amide bonds. The SMILES string of the molecule is O=C(NC(c1ccccc1)c1cc2ccccc2o1)C1CC=CCC1. The van der Waals surface area contributed by atoms with E-state index in [9.17, 15) is 4.79 Å². The van der Waals surface area contributed by atoms with Crippen molar-refractivity contribution in [2.45, 2.75) is 25.3 Å². The van der Waals surface area contributed by atoms with Gasteiger partial charge in [0.1, 0.15) is 17.4 Å². The number of fused-ring (bicyclic) bond motifs is 1. The van der Waals surface area contributed by atoms with Gasteiger partial charge in [0.2, 0.25) is 5.91 Å². The van der Waals surface area contributed by atoms with Crippen molar-refractivity contribution in [3.63, 3.8) is 0 Å². The molecule has 1 N–H and O–H groups in total. The Bertz CT molecular complexity index is 862. The van der Waals surface area contributed by atoms with E-state index in [1.165, 1.54) is 0 Å². The fourth-order valence-electron chi connectivity index (χ4n) is 3.40. The Hall–Kier alpha value is -2.81. The summed E-state index contributed by atoms with van der Waals surface area (Å²) in [6, 6.07) is 19.7. The molecule has 3 heteroatoms. The quantitative estimate of drug-likeness (QED) is 0.684. The molecule has 1 aliphatic carbocycles. The highest BCUT2D eigenvalue weighted by Crippen LogP contribution is 2.29. The van der Waals surface area contributed by atoms with Gasteiger partial charge in [0.05, 0.1) is 0 Å². The number of carbonyl (C=O) groups excluding carboxylic acids is 1. The zero-order valence-electron chi connectivity index (χ0n) is 14.0. The van der Waals surface area contributed by atoms with Crippen LogP contribution in [0.2, 0.25) is 0 Å². The molecule has 3 nitrogen and oxygen atoms in total. The second-order valence-corrected chi connectivity index (χ2v) is 6.52. The molecule has 2 aromatic carbocycles. The topological polar surface area (TPSA) is 42.2 Å². The molecular weight excluding hydrogens is 310 g/mol. The minimum atomic E-state index is -0.271. The van der Waals surface area contributed by atoms with Crippen molar-refractivity contribution < 1.29 is 9.21 Å². The maximum absolute atomic E-state index is 12.8. The van der Waals surface area contributed by atoms with Crippen LogP contribution in [-0.2, 0) is 4.79 Å². The smallest absolute Gasteiger partial charge is 0.224 e. The Morgan fingerprint density at radius 3 is 2.60 bits per heavy atom. The third-order valence-electron chi connectivity index (χ3n) is 4.79. The molecule has 126 valence electrons. The maximum Gasteiger partial charge on any atom is 0.224 e. The molecule has 0 spiro atoms. The van der Waals surface area contributed by atoms with E-state index in [-0.39, 0.29) is 17.9 Å². The summed E-state index contributed by atoms with van der Waals surface area (Å²) >= 11 is 0. The highest BCUT2D eigenvalue weighted by atomic mass is 16.3. The monoisotopic (exact) mass is 331 g/mol. The molecule has 2 unspecified atom stereocenters. The number of furan rings is 1. The first-order valence-corrected chi connectivity index (χ1v) is 8.80. The average molecular weight is 331 g/mol. The summed E-state index contributed by atoms with van der Waals surface area (Å²) < 4.78 is 6.04. The third-order valence-corrected chi connectivity index (χ3v) is 4.79. The van der Waals surface area contributed by atoms with Crippen LogP contribution >= 0.6 is 0 Å². The normalized spacial score (nSPS) is 18.2. The zero-order valence-corrected chi connectivity index (χ0v) is 14.0. The summed E-state index contributed by atoms with van der Waals surface area (Å²) in [5.74, 6) is 0.909. The lowest BCUT2D eigenvalue weighted by molar-refractivity contribution is -0.125. The van der Waals surface area contributed by atoms with E-state index < -0.39 is 0 Å². The van der Waals surface area contributed by atoms with E-state index in [0.717, 1.165) is 41.6 Å². The van der Waals surface area contributed by atoms with Crippen LogP contribution in [0.4, 0.5) is 0 Å². The van der Waals surface area contributed by atoms with Gasteiger partial charge >= 0.3 is 0 Å². The number of allylic oxidation sites excluding steroid dienone is 2. The van der Waals surface area contributed by atoms with E-state index >= 15 is 0 Å². The predicted octanol–water partition coefficient (Wildman–Crippen LogP) is 4.99. The summed E-state index contributed by atoms with van der Waals surface area (Å²) in [5.41, 5.74) is 1.87. The predicted molar refractivity (Wildman–Crippen MR) is 99.1 cm³/mol. The fourth-order valence-corrected chi connectivity index (χ4v) is 3.40. The zero-order chi connectivity index (χ0) is 17.1. The third kappa shape index (κ3) is 3.36. The van der Waals surface area contributed by atoms with Gasteiger partial charge in [-0.15, -0.1) is 0 Å². The van der Waals surface area contributed by atoms with Gasteiger partial charge in [-0.2, -0.15) is 0 Å². The Kier molecular flexibility index (Phi) is 4.38. The summed E-state index contributed by atoms with van der Waals surface area (Å²) in [6.07, 6.45) is 6.94. The lowest BCUT2D eigenvalue weighted by atomic mass is 9.93. The number of para-hydroxylation sites is 1. The van der Waals surface area contributed by atoms with Crippen molar-refractivity contribution in [3.05, 3.63) is 84.1 Å². The van der Waals surface area contributed by atoms with Crippen LogP contribution in [0.1, 0.15) is 36.6 Å². The van der Waals surface area contributed by atoms with Crippen LogP contribution < -0.4 is 5.32 Å². The molecular formula is C22H21NO2. The van der Waals surface area contributed by atoms with Crippen LogP contribution in [0.5, 0.6) is 0 Å². The van der Waals surface area contributed by atoms with E-state index in [0.29, 0.717) is 0 Å². The number of rotatable bonds is 4. The number of hydrogen-bond acceptors (Lipinski definition) is 2. The lowest BCUT2D eigenvalue weighted by Gasteiger charge is -2.22. The van der Waals surface area contributed by atoms with Gasteiger partial charge in [-0.05, 0) is 37.0 Å². The molecule has 1 aliphatic rings. The van der Waals surface area contributed by atoms with Gasteiger partial charge < -0.3 is 9.73 Å². The minimum Gasteiger partial charge on any atom is -0.459 e. The van der Waals surface area contributed by atoms with Crippen molar-refractivity contribution in [1.82, 2.24) is 5.32 Å². The molecule has 1 aromatic heterocycles. The number of amides is 1. The highest BCUT2D eigenvalue weighted by Gasteiger charge is 2.25. The minimum absolute atomic E-state index is 0.0422. The molecule has 0 bridgehead atoms. The van der Waals surface area contributed by atoms with Gasteiger partial charge in [-0.25, -0.2) is 0 Å². The fraction of sp³-hybridized carbons (Fsp3) is 0.227. The van der Waals surface area contributed by atoms with Crippen molar-refractivity contribution in [1.29, 1.82) is 0 Å². The van der Waals surface area contributed by atoms with E-state index in [4.69, 9.17) is 4.42 Å². The molecule has 4 rings (SSSR count). The van der Waals surface area contributed by atoms with Crippen LogP contribution in [-0.4, -0.2) is 5.91 Å². The van der Waals surface area contributed by atoms with Crippen LogP contribution in [0.3, 0.4) is 0 Å². The standard InChI is InChI=1S/C22H21NO2/c24-22(17-11-5-2-6-12-17)23-21(16-9-3-1-4-10-16)20-15-18-13-7-8-14-19(18)25-20/h1-5,7-10,13-15,17,21H,6,11-12H2,(H,23,24). The molecule has 0 aliphatic heterocycles. The van der Waals surface area contributed by atoms with Gasteiger partial charge in [0.15, 0.2) is 0 Å². The van der Waals surface area contributed by atoms with Crippen molar-refractivity contribution in [2.24, 2.45) is 5.92 Å². The summed E-state index contributed by atoms with van der Waals surface area (Å²) in [5, 5.41) is 4.26. The first-order chi connectivity index (χ1) is 12.3. The molecule has 25 heavy (non-hydrogen) atoms. The van der Waals surface area contributed by atoms with Crippen molar-refractivity contribution in [2.75, 3.05) is 0 Å². The molecule has 1 heterocycles. The Morgan fingerprint density at radius 2 is 1.84 bits per heavy atom. The summed E-state index contributed by atoms with van der Waals surface area (Å²) in [7, 11) is 0. The first-order valence-electron chi connectivity index (χ1n) is 8.80. The maximum atomic E-state index is 12.8. The highest BCUT2D eigenvalue weighted by molar-refractivity contribution is 5.81. The van der Waals surface area contributed by atoms with Gasteiger partial charge in [0.25, 0.3) is 0 Å². The van der Waals surface area contributed by atoms with Gasteiger partial charge in [-0.3, -0.25) is 4.79 Å². The largest absolute Gasteiger partial charge is 0.459 e. The second kappa shape index (κ2) is 6.98. The van der Waals surface area contributed by atoms with Crippen molar-refractivity contribution in [3.8, 4) is 0 Å².